The van der Waals surface area contributed by atoms with Crippen molar-refractivity contribution < 1.29 is 8.42 Å². The van der Waals surface area contributed by atoms with Crippen LogP contribution in [-0.4, -0.2) is 15.5 Å². The number of nitrogens with one attached hydrogen (secondary N) is 2. The van der Waals surface area contributed by atoms with Crippen molar-refractivity contribution >= 4 is 61.9 Å². The minimum atomic E-state index is -3.77. The molecule has 2 aromatic rings. The topological polar surface area (TPSA) is 58.2 Å². The van der Waals surface area contributed by atoms with E-state index in [0.29, 0.717) is 16.4 Å². The van der Waals surface area contributed by atoms with Crippen molar-refractivity contribution in [2.24, 2.45) is 0 Å². The van der Waals surface area contributed by atoms with Crippen LogP contribution >= 0.6 is 46.1 Å². The highest BCUT2D eigenvalue weighted by molar-refractivity contribution is 7.93. The van der Waals surface area contributed by atoms with Crippen LogP contribution in [0.25, 0.3) is 0 Å². The number of hydrogen-bond acceptors (Lipinski definition) is 4. The van der Waals surface area contributed by atoms with Gasteiger partial charge in [0, 0.05) is 16.4 Å². The van der Waals surface area contributed by atoms with Crippen LogP contribution in [0, 0.1) is 0 Å². The van der Waals surface area contributed by atoms with Gasteiger partial charge in [-0.15, -0.1) is 11.3 Å². The molecule has 0 aliphatic carbocycles. The summed E-state index contributed by atoms with van der Waals surface area (Å²) >= 11 is 19.2. The van der Waals surface area contributed by atoms with Gasteiger partial charge >= 0.3 is 0 Å². The quantitative estimate of drug-likeness (QED) is 0.810. The van der Waals surface area contributed by atoms with Crippen molar-refractivity contribution in [2.75, 3.05) is 11.8 Å². The van der Waals surface area contributed by atoms with E-state index in [1.807, 2.05) is 0 Å². The number of hydrogen-bond donors (Lipinski definition) is 2. The summed E-state index contributed by atoms with van der Waals surface area (Å²) in [5.41, 5.74) is 0.115. The number of thiophene rings is 1. The molecular formula is C12H11Cl3N2O2S2. The first-order valence-corrected chi connectivity index (χ1v) is 9.23. The molecule has 0 amide bonds. The van der Waals surface area contributed by atoms with Crippen LogP contribution in [0.4, 0.5) is 5.69 Å². The van der Waals surface area contributed by atoms with E-state index in [1.54, 1.807) is 12.4 Å². The van der Waals surface area contributed by atoms with Crippen molar-refractivity contribution in [3.05, 3.63) is 43.5 Å². The molecule has 2 N–H and O–H groups in total. The second-order valence-electron chi connectivity index (χ2n) is 4.09. The van der Waals surface area contributed by atoms with Crippen LogP contribution < -0.4 is 10.0 Å². The van der Waals surface area contributed by atoms with Crippen LogP contribution in [0.1, 0.15) is 4.88 Å². The molecule has 0 aliphatic heterocycles. The van der Waals surface area contributed by atoms with Crippen LogP contribution in [0.15, 0.2) is 28.5 Å². The van der Waals surface area contributed by atoms with E-state index in [9.17, 15) is 8.42 Å². The van der Waals surface area contributed by atoms with Gasteiger partial charge in [0.1, 0.15) is 4.90 Å². The first-order chi connectivity index (χ1) is 9.85. The molecule has 0 unspecified atom stereocenters. The Morgan fingerprint density at radius 1 is 1.19 bits per heavy atom. The van der Waals surface area contributed by atoms with Crippen LogP contribution in [0.2, 0.25) is 15.1 Å². The highest BCUT2D eigenvalue weighted by Gasteiger charge is 2.22. The fourth-order valence-electron chi connectivity index (χ4n) is 1.69. The van der Waals surface area contributed by atoms with Crippen molar-refractivity contribution in [1.29, 1.82) is 0 Å². The Balaban J connectivity index is 2.40. The van der Waals surface area contributed by atoms with Crippen molar-refractivity contribution in [1.82, 2.24) is 5.32 Å². The predicted octanol–water partition coefficient (Wildman–Crippen LogP) is 4.23. The van der Waals surface area contributed by atoms with Crippen LogP contribution in [0.3, 0.4) is 0 Å². The standard InChI is InChI=1S/C12H11Cl3N2O2S2/c1-16-6-10-11(2-3-20-10)21(18,19)17-12-8(14)4-7(13)5-9(12)15/h2-5,16-17H,6H2,1H3. The van der Waals surface area contributed by atoms with Gasteiger partial charge in [0.05, 0.1) is 15.7 Å². The average Bonchev–Trinajstić information content (AvgIpc) is 2.83. The normalized spacial score (nSPS) is 11.6. The number of anilines is 1. The summed E-state index contributed by atoms with van der Waals surface area (Å²) < 4.78 is 27.3. The molecule has 0 saturated heterocycles. The zero-order valence-electron chi connectivity index (χ0n) is 10.8. The smallest absolute Gasteiger partial charge is 0.263 e. The zero-order valence-corrected chi connectivity index (χ0v) is 14.7. The second-order valence-corrected chi connectivity index (χ2v) is 7.99. The molecule has 114 valence electrons. The van der Waals surface area contributed by atoms with E-state index in [0.717, 1.165) is 0 Å². The molecule has 4 nitrogen and oxygen atoms in total. The summed E-state index contributed by atoms with van der Waals surface area (Å²) in [5, 5.41) is 5.25. The van der Waals surface area contributed by atoms with Gasteiger partial charge in [0.25, 0.3) is 10.0 Å². The summed E-state index contributed by atoms with van der Waals surface area (Å²) in [6, 6.07) is 4.39. The fraction of sp³-hybridized carbons (Fsp3) is 0.167. The van der Waals surface area contributed by atoms with Gasteiger partial charge in [-0.1, -0.05) is 34.8 Å². The minimum absolute atomic E-state index is 0.115. The van der Waals surface area contributed by atoms with E-state index >= 15 is 0 Å². The molecule has 0 aliphatic rings. The third-order valence-corrected chi connectivity index (χ3v) is 5.87. The Hall–Kier alpha value is -0.500. The monoisotopic (exact) mass is 384 g/mol. The van der Waals surface area contributed by atoms with Crippen molar-refractivity contribution in [3.63, 3.8) is 0 Å². The third kappa shape index (κ3) is 3.83. The number of halogens is 3. The van der Waals surface area contributed by atoms with Gasteiger partial charge in [-0.2, -0.15) is 0 Å². The van der Waals surface area contributed by atoms with E-state index < -0.39 is 10.0 Å². The molecule has 0 saturated carbocycles. The molecule has 1 aromatic heterocycles. The molecule has 0 radical (unpaired) electrons. The maximum atomic E-state index is 12.5. The van der Waals surface area contributed by atoms with Gasteiger partial charge in [-0.05, 0) is 30.6 Å². The first kappa shape index (κ1) is 16.9. The molecule has 0 spiro atoms. The summed E-state index contributed by atoms with van der Waals surface area (Å²) in [7, 11) is -2.03. The van der Waals surface area contributed by atoms with Gasteiger partial charge in [0.15, 0.2) is 0 Å². The van der Waals surface area contributed by atoms with Gasteiger partial charge in [0.2, 0.25) is 0 Å². The lowest BCUT2D eigenvalue weighted by molar-refractivity contribution is 0.600. The molecule has 0 fully saturated rings. The Morgan fingerprint density at radius 3 is 2.38 bits per heavy atom. The molecule has 0 atom stereocenters. The molecule has 1 aromatic carbocycles. The van der Waals surface area contributed by atoms with Crippen LogP contribution in [-0.2, 0) is 16.6 Å². The summed E-state index contributed by atoms with van der Waals surface area (Å²) in [6.45, 7) is 0.454. The SMILES string of the molecule is CNCc1sccc1S(=O)(=O)Nc1c(Cl)cc(Cl)cc1Cl. The highest BCUT2D eigenvalue weighted by atomic mass is 35.5. The maximum Gasteiger partial charge on any atom is 0.263 e. The fourth-order valence-corrected chi connectivity index (χ4v) is 5.27. The second kappa shape index (κ2) is 6.73. The molecule has 1 heterocycles. The maximum absolute atomic E-state index is 12.5. The predicted molar refractivity (Wildman–Crippen MR) is 89.4 cm³/mol. The van der Waals surface area contributed by atoms with E-state index in [2.05, 4.69) is 10.0 Å². The Labute approximate surface area is 142 Å². The van der Waals surface area contributed by atoms with E-state index in [-0.39, 0.29) is 20.6 Å². The molecule has 2 rings (SSSR count). The largest absolute Gasteiger partial charge is 0.315 e. The average molecular weight is 386 g/mol. The van der Waals surface area contributed by atoms with E-state index in [1.165, 1.54) is 29.5 Å². The van der Waals surface area contributed by atoms with Gasteiger partial charge < -0.3 is 5.32 Å². The summed E-state index contributed by atoms with van der Waals surface area (Å²) in [4.78, 5) is 0.898. The van der Waals surface area contributed by atoms with Crippen molar-refractivity contribution in [3.8, 4) is 0 Å². The van der Waals surface area contributed by atoms with Crippen LogP contribution in [0.5, 0.6) is 0 Å². The van der Waals surface area contributed by atoms with E-state index in [4.69, 9.17) is 34.8 Å². The lowest BCUT2D eigenvalue weighted by Crippen LogP contribution is -2.16. The third-order valence-electron chi connectivity index (χ3n) is 2.57. The van der Waals surface area contributed by atoms with Gasteiger partial charge in [-0.3, -0.25) is 4.72 Å². The van der Waals surface area contributed by atoms with Gasteiger partial charge in [-0.25, -0.2) is 8.42 Å². The minimum Gasteiger partial charge on any atom is -0.315 e. The Morgan fingerprint density at radius 2 is 1.81 bits per heavy atom. The lowest BCUT2D eigenvalue weighted by Gasteiger charge is -2.12. The molecule has 21 heavy (non-hydrogen) atoms. The van der Waals surface area contributed by atoms with Crippen molar-refractivity contribution in [2.45, 2.75) is 11.4 Å². The lowest BCUT2D eigenvalue weighted by atomic mass is 10.3. The molecule has 0 bridgehead atoms. The Bertz CT molecular complexity index is 737. The highest BCUT2D eigenvalue weighted by Crippen LogP contribution is 2.35. The number of rotatable bonds is 5. The summed E-state index contributed by atoms with van der Waals surface area (Å²) in [6.07, 6.45) is 0. The number of sulfonamides is 1. The zero-order chi connectivity index (χ0) is 15.6. The number of benzene rings is 1. The first-order valence-electron chi connectivity index (χ1n) is 5.73. The Kier molecular flexibility index (Phi) is 5.40. The molecule has 9 heteroatoms. The molecular weight excluding hydrogens is 375 g/mol. The summed E-state index contributed by atoms with van der Waals surface area (Å²) in [5.74, 6) is 0.